The second-order valence-corrected chi connectivity index (χ2v) is 13.9. The summed E-state index contributed by atoms with van der Waals surface area (Å²) in [6.45, 7) is 0. The van der Waals surface area contributed by atoms with Crippen molar-refractivity contribution in [2.45, 2.75) is 0 Å². The first-order valence-corrected chi connectivity index (χ1v) is 18.0. The van der Waals surface area contributed by atoms with E-state index in [-0.39, 0.29) is 0 Å². The zero-order chi connectivity index (χ0) is 34.6. The Labute approximate surface area is 303 Å². The first kappa shape index (κ1) is 28.5. The molecule has 5 heterocycles. The molecular weight excluding hydrogens is 647 g/mol. The van der Waals surface area contributed by atoms with Crippen molar-refractivity contribution >= 4 is 71.2 Å². The molecule has 0 aliphatic rings. The Bertz CT molecular complexity index is 3400. The van der Waals surface area contributed by atoms with Crippen LogP contribution in [0.5, 0.6) is 0 Å². The van der Waals surface area contributed by atoms with E-state index in [4.69, 9.17) is 4.98 Å². The predicted octanol–water partition coefficient (Wildman–Crippen LogP) is 12.0. The Kier molecular flexibility index (Phi) is 5.71. The molecule has 0 radical (unpaired) electrons. The lowest BCUT2D eigenvalue weighted by atomic mass is 10.0. The van der Waals surface area contributed by atoms with Crippen LogP contribution >= 0.6 is 0 Å². The number of rotatable bonds is 4. The Balaban J connectivity index is 1.06. The summed E-state index contributed by atoms with van der Waals surface area (Å²) in [6.07, 6.45) is 1.86. The van der Waals surface area contributed by atoms with Gasteiger partial charge in [-0.25, -0.2) is 9.97 Å². The lowest BCUT2D eigenvalue weighted by Gasteiger charge is -2.11. The van der Waals surface area contributed by atoms with Crippen molar-refractivity contribution in [2.75, 3.05) is 0 Å². The van der Waals surface area contributed by atoms with Crippen LogP contribution in [0.4, 0.5) is 0 Å². The molecule has 5 heteroatoms. The summed E-state index contributed by atoms with van der Waals surface area (Å²) in [4.78, 5) is 9.77. The maximum Gasteiger partial charge on any atom is 0.235 e. The number of benzene rings is 7. The van der Waals surface area contributed by atoms with E-state index in [0.717, 1.165) is 39.4 Å². The quantitative estimate of drug-likeness (QED) is 0.186. The molecule has 0 N–H and O–H groups in total. The van der Waals surface area contributed by atoms with Crippen LogP contribution in [0, 0.1) is 0 Å². The van der Waals surface area contributed by atoms with Crippen molar-refractivity contribution in [3.8, 4) is 33.8 Å². The van der Waals surface area contributed by atoms with Gasteiger partial charge in [0, 0.05) is 55.5 Å². The molecule has 7 aromatic carbocycles. The molecule has 0 unspecified atom stereocenters. The Morgan fingerprint density at radius 3 is 1.77 bits per heavy atom. The molecular formula is C48H29N5. The van der Waals surface area contributed by atoms with Gasteiger partial charge in [-0.15, -0.1) is 0 Å². The van der Waals surface area contributed by atoms with E-state index in [9.17, 15) is 0 Å². The van der Waals surface area contributed by atoms with E-state index in [0.29, 0.717) is 0 Å². The average Bonchev–Trinajstić information content (AvgIpc) is 3.97. The summed E-state index contributed by atoms with van der Waals surface area (Å²) in [5.74, 6) is 0.722. The molecule has 0 bridgehead atoms. The summed E-state index contributed by atoms with van der Waals surface area (Å²) in [5, 5.41) is 7.36. The smallest absolute Gasteiger partial charge is 0.235 e. The van der Waals surface area contributed by atoms with E-state index in [1.54, 1.807) is 0 Å². The molecule has 0 saturated heterocycles. The molecule has 5 nitrogen and oxygen atoms in total. The van der Waals surface area contributed by atoms with E-state index < -0.39 is 0 Å². The van der Waals surface area contributed by atoms with Gasteiger partial charge in [-0.1, -0.05) is 109 Å². The summed E-state index contributed by atoms with van der Waals surface area (Å²) in [7, 11) is 0. The number of para-hydroxylation sites is 3. The zero-order valence-electron chi connectivity index (χ0n) is 28.5. The first-order chi connectivity index (χ1) is 26.3. The molecule has 0 fully saturated rings. The number of nitrogens with zero attached hydrogens (tertiary/aromatic N) is 5. The van der Waals surface area contributed by atoms with Crippen LogP contribution in [0.15, 0.2) is 176 Å². The summed E-state index contributed by atoms with van der Waals surface area (Å²) in [5.41, 5.74) is 13.6. The van der Waals surface area contributed by atoms with Crippen LogP contribution < -0.4 is 0 Å². The molecule has 5 aromatic heterocycles. The third kappa shape index (κ3) is 3.96. The Hall–Kier alpha value is -7.24. The lowest BCUT2D eigenvalue weighted by molar-refractivity contribution is 1.18. The highest BCUT2D eigenvalue weighted by Crippen LogP contribution is 2.40. The van der Waals surface area contributed by atoms with Crippen LogP contribution in [-0.4, -0.2) is 23.5 Å². The summed E-state index contributed by atoms with van der Waals surface area (Å²) >= 11 is 0. The topological polar surface area (TPSA) is 40.0 Å². The fourth-order valence-electron chi connectivity index (χ4n) is 8.77. The fraction of sp³-hybridized carbons (Fsp3) is 0. The maximum atomic E-state index is 5.10. The normalized spacial score (nSPS) is 12.2. The minimum absolute atomic E-state index is 0.722. The second kappa shape index (κ2) is 10.6. The van der Waals surface area contributed by atoms with Gasteiger partial charge in [0.25, 0.3) is 0 Å². The van der Waals surface area contributed by atoms with E-state index in [1.807, 2.05) is 6.20 Å². The largest absolute Gasteiger partial charge is 0.309 e. The van der Waals surface area contributed by atoms with Gasteiger partial charge in [0.05, 0.1) is 38.8 Å². The van der Waals surface area contributed by atoms with Gasteiger partial charge in [0.1, 0.15) is 0 Å². The second-order valence-electron chi connectivity index (χ2n) is 13.9. The fourth-order valence-corrected chi connectivity index (χ4v) is 8.77. The summed E-state index contributed by atoms with van der Waals surface area (Å²) < 4.78 is 6.98. The van der Waals surface area contributed by atoms with Gasteiger partial charge in [-0.2, -0.15) is 0 Å². The standard InChI is InChI=1S/C48H29N5/c1-2-12-33(13-3-1)51-42-20-9-7-17-37(42)40-28-30(22-24-43(40)51)31-21-23-38-35-15-6-8-19-41(35)52(45(38)29-31)34-14-10-11-32(27-34)46-47-39-18-5-4-16-36(39)44-25-26-49-48(50-46)53(44)47/h1-29H. The van der Waals surface area contributed by atoms with Crippen LogP contribution in [0.3, 0.4) is 0 Å². The maximum absolute atomic E-state index is 5.10. The molecule has 0 atom stereocenters. The average molecular weight is 676 g/mol. The first-order valence-electron chi connectivity index (χ1n) is 18.0. The number of fused-ring (bicyclic) bond motifs is 9. The molecule has 0 aliphatic carbocycles. The number of hydrogen-bond acceptors (Lipinski definition) is 2. The SMILES string of the molecule is c1ccc(-n2c3ccccc3c3cc(-c4ccc5c6ccccc6n(-c6cccc(-c7nc8nccc9c%10ccccc%10c7n89)c6)c5c4)ccc32)cc1. The van der Waals surface area contributed by atoms with Gasteiger partial charge < -0.3 is 9.13 Å². The molecule has 246 valence electrons. The predicted molar refractivity (Wildman–Crippen MR) is 219 cm³/mol. The third-order valence-corrected chi connectivity index (χ3v) is 11.1. The van der Waals surface area contributed by atoms with Gasteiger partial charge in [0.2, 0.25) is 5.78 Å². The number of imidazole rings is 1. The number of hydrogen-bond donors (Lipinski definition) is 0. The minimum Gasteiger partial charge on any atom is -0.309 e. The van der Waals surface area contributed by atoms with Crippen molar-refractivity contribution in [1.29, 1.82) is 0 Å². The highest BCUT2D eigenvalue weighted by atomic mass is 15.1. The molecule has 0 spiro atoms. The lowest BCUT2D eigenvalue weighted by Crippen LogP contribution is -1.95. The zero-order valence-corrected chi connectivity index (χ0v) is 28.5. The van der Waals surface area contributed by atoms with Crippen LogP contribution in [0.2, 0.25) is 0 Å². The number of aromatic nitrogens is 5. The highest BCUT2D eigenvalue weighted by molar-refractivity contribution is 6.14. The Morgan fingerprint density at radius 1 is 0.358 bits per heavy atom. The van der Waals surface area contributed by atoms with Crippen LogP contribution in [0.1, 0.15) is 0 Å². The van der Waals surface area contributed by atoms with E-state index >= 15 is 0 Å². The van der Waals surface area contributed by atoms with E-state index in [2.05, 4.69) is 188 Å². The van der Waals surface area contributed by atoms with Crippen LogP contribution in [-0.2, 0) is 0 Å². The van der Waals surface area contributed by atoms with Crippen molar-refractivity contribution in [1.82, 2.24) is 23.5 Å². The molecule has 0 saturated carbocycles. The summed E-state index contributed by atoms with van der Waals surface area (Å²) in [6, 6.07) is 61.4. The molecule has 0 amide bonds. The van der Waals surface area contributed by atoms with Crippen molar-refractivity contribution in [3.63, 3.8) is 0 Å². The monoisotopic (exact) mass is 675 g/mol. The van der Waals surface area contributed by atoms with Crippen molar-refractivity contribution in [3.05, 3.63) is 176 Å². The molecule has 12 aromatic rings. The van der Waals surface area contributed by atoms with Gasteiger partial charge in [-0.3, -0.25) is 4.40 Å². The Morgan fingerprint density at radius 2 is 0.962 bits per heavy atom. The van der Waals surface area contributed by atoms with E-state index in [1.165, 1.54) is 65.5 Å². The highest BCUT2D eigenvalue weighted by Gasteiger charge is 2.21. The molecule has 53 heavy (non-hydrogen) atoms. The van der Waals surface area contributed by atoms with Crippen LogP contribution in [0.25, 0.3) is 105 Å². The van der Waals surface area contributed by atoms with Gasteiger partial charge in [0.15, 0.2) is 0 Å². The van der Waals surface area contributed by atoms with Gasteiger partial charge in [-0.05, 0) is 71.8 Å². The molecule has 12 rings (SSSR count). The van der Waals surface area contributed by atoms with Crippen molar-refractivity contribution < 1.29 is 0 Å². The minimum atomic E-state index is 0.722. The van der Waals surface area contributed by atoms with Crippen molar-refractivity contribution in [2.24, 2.45) is 0 Å². The third-order valence-electron chi connectivity index (χ3n) is 11.1. The molecule has 0 aliphatic heterocycles. The van der Waals surface area contributed by atoms with Gasteiger partial charge >= 0.3 is 0 Å².